The molecule has 0 saturated heterocycles. The molecule has 1 aliphatic rings. The Morgan fingerprint density at radius 3 is 2.40 bits per heavy atom. The Morgan fingerprint density at radius 1 is 1.33 bits per heavy atom. The molecule has 1 rings (SSSR count). The largest absolute Gasteiger partial charge is 0.153 e. The number of rotatable bonds is 4. The Morgan fingerprint density at radius 2 is 2.00 bits per heavy atom. The third-order valence-corrected chi connectivity index (χ3v) is 2.88. The highest BCUT2D eigenvalue weighted by Gasteiger charge is 2.23. The molecular weight excluding hydrogens is 179 g/mol. The molecule has 0 fully saturated rings. The van der Waals surface area contributed by atoms with E-state index in [-0.39, 0.29) is 0 Å². The lowest BCUT2D eigenvalue weighted by Crippen LogP contribution is -2.18. The van der Waals surface area contributed by atoms with Gasteiger partial charge in [0.1, 0.15) is 0 Å². The summed E-state index contributed by atoms with van der Waals surface area (Å²) in [6.07, 6.45) is 9.57. The van der Waals surface area contributed by atoms with Gasteiger partial charge in [0.05, 0.1) is 0 Å². The van der Waals surface area contributed by atoms with Gasteiger partial charge < -0.3 is 0 Å². The molecule has 1 radical (unpaired) electrons. The highest BCUT2D eigenvalue weighted by Crippen LogP contribution is 2.35. The van der Waals surface area contributed by atoms with E-state index in [0.29, 0.717) is 11.2 Å². The van der Waals surface area contributed by atoms with Crippen LogP contribution in [0.1, 0.15) is 47.5 Å². The van der Waals surface area contributed by atoms with Crippen LogP contribution in [0.15, 0.2) is 23.7 Å². The van der Waals surface area contributed by atoms with Crippen molar-refractivity contribution in [3.05, 3.63) is 23.7 Å². The number of hydrogen-bond donors (Lipinski definition) is 0. The molecule has 0 aromatic carbocycles. The van der Waals surface area contributed by atoms with Crippen LogP contribution in [0.3, 0.4) is 0 Å². The highest BCUT2D eigenvalue weighted by molar-refractivity contribution is 6.48. The first kappa shape index (κ1) is 12.6. The summed E-state index contributed by atoms with van der Waals surface area (Å²) in [6.45, 7) is 11.4. The van der Waals surface area contributed by atoms with Gasteiger partial charge in [0.15, 0.2) is 7.28 Å². The third kappa shape index (κ3) is 4.28. The fraction of sp³-hybridized carbons (Fsp3) is 0.714. The molecule has 0 aromatic heterocycles. The zero-order chi connectivity index (χ0) is 11.5. The zero-order valence-electron chi connectivity index (χ0n) is 10.9. The van der Waals surface area contributed by atoms with Gasteiger partial charge in [0.2, 0.25) is 0 Å². The van der Waals surface area contributed by atoms with Gasteiger partial charge in [-0.1, -0.05) is 64.1 Å². The molecular formula is C14H24B. The quantitative estimate of drug-likeness (QED) is 0.593. The van der Waals surface area contributed by atoms with Crippen molar-refractivity contribution < 1.29 is 0 Å². The summed E-state index contributed by atoms with van der Waals surface area (Å²) in [5, 5.41) is 0. The molecule has 0 aliphatic heterocycles. The minimum atomic E-state index is 0.391. The Kier molecular flexibility index (Phi) is 4.25. The van der Waals surface area contributed by atoms with Gasteiger partial charge in [-0.3, -0.25) is 0 Å². The number of allylic oxidation sites excluding steroid dienone is 4. The molecule has 0 aromatic rings. The van der Waals surface area contributed by atoms with Crippen LogP contribution < -0.4 is 0 Å². The average molecular weight is 203 g/mol. The van der Waals surface area contributed by atoms with Gasteiger partial charge in [0, 0.05) is 0 Å². The Balaban J connectivity index is 2.54. The first-order valence-electron chi connectivity index (χ1n) is 6.15. The lowest BCUT2D eigenvalue weighted by Gasteiger charge is -2.30. The molecule has 0 spiro atoms. The van der Waals surface area contributed by atoms with Crippen LogP contribution in [0, 0.1) is 11.3 Å². The van der Waals surface area contributed by atoms with Crippen LogP contribution in [0.2, 0.25) is 5.82 Å². The second-order valence-corrected chi connectivity index (χ2v) is 5.90. The topological polar surface area (TPSA) is 0 Å². The van der Waals surface area contributed by atoms with Crippen molar-refractivity contribution in [2.45, 2.75) is 53.3 Å². The van der Waals surface area contributed by atoms with E-state index in [9.17, 15) is 0 Å². The van der Waals surface area contributed by atoms with Crippen LogP contribution in [0.4, 0.5) is 0 Å². The van der Waals surface area contributed by atoms with Gasteiger partial charge in [-0.15, -0.1) is 0 Å². The summed E-state index contributed by atoms with van der Waals surface area (Å²) in [4.78, 5) is 0. The van der Waals surface area contributed by atoms with Crippen molar-refractivity contribution in [2.75, 3.05) is 0 Å². The van der Waals surface area contributed by atoms with Crippen molar-refractivity contribution in [3.8, 4) is 0 Å². The van der Waals surface area contributed by atoms with Crippen LogP contribution >= 0.6 is 0 Å². The summed E-state index contributed by atoms with van der Waals surface area (Å²) in [5.74, 6) is 1.43. The van der Waals surface area contributed by atoms with Crippen LogP contribution in [0.5, 0.6) is 0 Å². The Bertz CT molecular complexity index is 261. The fourth-order valence-electron chi connectivity index (χ4n) is 2.38. The van der Waals surface area contributed by atoms with E-state index < -0.39 is 0 Å². The predicted octanol–water partition coefficient (Wildman–Crippen LogP) is 4.42. The lowest BCUT2D eigenvalue weighted by molar-refractivity contribution is 0.334. The average Bonchev–Trinajstić information content (AvgIpc) is 2.07. The molecule has 1 atom stereocenters. The van der Waals surface area contributed by atoms with E-state index in [1.807, 2.05) is 0 Å². The highest BCUT2D eigenvalue weighted by atomic mass is 14.3. The molecule has 0 saturated carbocycles. The van der Waals surface area contributed by atoms with Gasteiger partial charge in [0.25, 0.3) is 0 Å². The minimum absolute atomic E-state index is 0.391. The lowest BCUT2D eigenvalue weighted by atomic mass is 9.57. The first-order valence-corrected chi connectivity index (χ1v) is 6.15. The van der Waals surface area contributed by atoms with Gasteiger partial charge in [-0.2, -0.15) is 0 Å². The van der Waals surface area contributed by atoms with Crippen molar-refractivity contribution in [3.63, 3.8) is 0 Å². The molecule has 15 heavy (non-hydrogen) atoms. The van der Waals surface area contributed by atoms with Crippen molar-refractivity contribution >= 4 is 7.28 Å². The third-order valence-electron chi connectivity index (χ3n) is 2.88. The summed E-state index contributed by atoms with van der Waals surface area (Å²) in [7, 11) is 2.34. The van der Waals surface area contributed by atoms with E-state index in [1.54, 1.807) is 0 Å². The summed E-state index contributed by atoms with van der Waals surface area (Å²) < 4.78 is 0. The maximum absolute atomic E-state index is 2.40. The predicted molar refractivity (Wildman–Crippen MR) is 70.3 cm³/mol. The molecule has 1 unspecified atom stereocenters. The summed E-state index contributed by atoms with van der Waals surface area (Å²) in [5.41, 5.74) is 1.80. The maximum atomic E-state index is 2.40. The van der Waals surface area contributed by atoms with Gasteiger partial charge in [-0.05, 0) is 24.2 Å². The molecule has 1 aliphatic carbocycles. The Hall–Kier alpha value is -0.455. The van der Waals surface area contributed by atoms with Crippen LogP contribution in [-0.4, -0.2) is 7.28 Å². The molecule has 0 amide bonds. The SMILES string of the molecule is CC(C)[B]C1=CCC(C)(CC(C)C)C=C1. The monoisotopic (exact) mass is 203 g/mol. The molecule has 0 bridgehead atoms. The molecule has 0 heterocycles. The summed E-state index contributed by atoms with van der Waals surface area (Å²) in [6, 6.07) is 0. The molecule has 1 heteroatoms. The second kappa shape index (κ2) is 5.05. The second-order valence-electron chi connectivity index (χ2n) is 5.90. The smallest absolute Gasteiger partial charge is 0.0917 e. The molecule has 0 nitrogen and oxygen atoms in total. The van der Waals surface area contributed by atoms with Crippen LogP contribution in [-0.2, 0) is 0 Å². The van der Waals surface area contributed by atoms with Gasteiger partial charge in [-0.25, -0.2) is 0 Å². The van der Waals surface area contributed by atoms with Crippen LogP contribution in [0.25, 0.3) is 0 Å². The van der Waals surface area contributed by atoms with E-state index in [4.69, 9.17) is 0 Å². The fourth-order valence-corrected chi connectivity index (χ4v) is 2.38. The standard InChI is InChI=1S/C14H24B/c1-11(2)10-14(5)8-6-13(7-9-14)15-12(3)4/h6-8,11-12H,9-10H2,1-5H3. The number of hydrogen-bond acceptors (Lipinski definition) is 0. The van der Waals surface area contributed by atoms with E-state index in [1.165, 1.54) is 18.3 Å². The van der Waals surface area contributed by atoms with Gasteiger partial charge >= 0.3 is 0 Å². The van der Waals surface area contributed by atoms with E-state index >= 15 is 0 Å². The first-order chi connectivity index (χ1) is 6.91. The van der Waals surface area contributed by atoms with E-state index in [2.05, 4.69) is 60.1 Å². The normalized spacial score (nSPS) is 25.9. The summed E-state index contributed by atoms with van der Waals surface area (Å²) >= 11 is 0. The van der Waals surface area contributed by atoms with E-state index in [0.717, 1.165) is 5.92 Å². The minimum Gasteiger partial charge on any atom is -0.0917 e. The molecule has 83 valence electrons. The Labute approximate surface area is 96.1 Å². The van der Waals surface area contributed by atoms with Crippen molar-refractivity contribution in [2.24, 2.45) is 11.3 Å². The molecule has 0 N–H and O–H groups in total. The van der Waals surface area contributed by atoms with Crippen molar-refractivity contribution in [1.82, 2.24) is 0 Å². The maximum Gasteiger partial charge on any atom is 0.153 e. The zero-order valence-corrected chi connectivity index (χ0v) is 10.9. The van der Waals surface area contributed by atoms with Crippen molar-refractivity contribution in [1.29, 1.82) is 0 Å².